The lowest BCUT2D eigenvalue weighted by molar-refractivity contribution is -0.126. The minimum Gasteiger partial charge on any atom is -0.497 e. The molecule has 9 heteroatoms. The zero-order valence-electron chi connectivity index (χ0n) is 19.5. The zero-order chi connectivity index (χ0) is 24.0. The van der Waals surface area contributed by atoms with Gasteiger partial charge in [0.05, 0.1) is 32.3 Å². The summed E-state index contributed by atoms with van der Waals surface area (Å²) in [6.45, 7) is 2.62. The number of piperidine rings is 1. The van der Waals surface area contributed by atoms with E-state index in [1.807, 2.05) is 25.1 Å². The number of sulfonamides is 1. The molecule has 0 aromatic heterocycles. The standard InChI is InChI=1S/C24H32N2O6S/c1-5-21(18-6-11-22(31-3)23(16-18)32-4)25-24(27)17-12-14-26(15-13-17)33(28,29)20-9-7-19(30-2)8-10-20/h6-11,16-17,21H,5,12-15H2,1-4H3,(H,25,27)/t21-/m0/s1. The lowest BCUT2D eigenvalue weighted by Gasteiger charge is -2.31. The van der Waals surface area contributed by atoms with Crippen molar-refractivity contribution in [2.24, 2.45) is 5.92 Å². The largest absolute Gasteiger partial charge is 0.497 e. The zero-order valence-corrected chi connectivity index (χ0v) is 20.4. The molecule has 0 spiro atoms. The molecule has 1 fully saturated rings. The Labute approximate surface area is 195 Å². The van der Waals surface area contributed by atoms with Crippen LogP contribution in [0.1, 0.15) is 37.8 Å². The lowest BCUT2D eigenvalue weighted by atomic mass is 9.95. The minimum atomic E-state index is -3.60. The molecule has 8 nitrogen and oxygen atoms in total. The number of amides is 1. The van der Waals surface area contributed by atoms with Crippen molar-refractivity contribution in [1.29, 1.82) is 0 Å². The Kier molecular flexibility index (Phi) is 8.20. The van der Waals surface area contributed by atoms with Gasteiger partial charge < -0.3 is 19.5 Å². The maximum absolute atomic E-state index is 13.0. The monoisotopic (exact) mass is 476 g/mol. The molecule has 0 bridgehead atoms. The van der Waals surface area contributed by atoms with Crippen molar-refractivity contribution >= 4 is 15.9 Å². The van der Waals surface area contributed by atoms with Gasteiger partial charge in [0, 0.05) is 19.0 Å². The van der Waals surface area contributed by atoms with Gasteiger partial charge in [0.2, 0.25) is 15.9 Å². The number of hydrogen-bond acceptors (Lipinski definition) is 6. The fourth-order valence-corrected chi connectivity index (χ4v) is 5.51. The van der Waals surface area contributed by atoms with Crippen molar-refractivity contribution in [3.05, 3.63) is 48.0 Å². The second-order valence-electron chi connectivity index (χ2n) is 7.94. The molecule has 0 radical (unpaired) electrons. The van der Waals surface area contributed by atoms with Crippen LogP contribution < -0.4 is 19.5 Å². The Bertz CT molecular complexity index is 1050. The first kappa shape index (κ1) is 24.9. The maximum Gasteiger partial charge on any atom is 0.243 e. The van der Waals surface area contributed by atoms with Gasteiger partial charge in [-0.1, -0.05) is 13.0 Å². The third-order valence-corrected chi connectivity index (χ3v) is 7.97. The molecule has 3 rings (SSSR count). The quantitative estimate of drug-likeness (QED) is 0.596. The Morgan fingerprint density at radius 1 is 1.00 bits per heavy atom. The third-order valence-electron chi connectivity index (χ3n) is 6.06. The summed E-state index contributed by atoms with van der Waals surface area (Å²) in [6.07, 6.45) is 1.67. The molecule has 1 amide bonds. The van der Waals surface area contributed by atoms with E-state index >= 15 is 0 Å². The Morgan fingerprint density at radius 2 is 1.64 bits per heavy atom. The SMILES string of the molecule is CC[C@H](NC(=O)C1CCN(S(=O)(=O)c2ccc(OC)cc2)CC1)c1ccc(OC)c(OC)c1. The van der Waals surface area contributed by atoms with Gasteiger partial charge in [0.25, 0.3) is 0 Å². The Hall–Kier alpha value is -2.78. The highest BCUT2D eigenvalue weighted by molar-refractivity contribution is 7.89. The predicted octanol–water partition coefficient (Wildman–Crippen LogP) is 3.38. The fourth-order valence-electron chi connectivity index (χ4n) is 4.04. The fraction of sp³-hybridized carbons (Fsp3) is 0.458. The molecule has 1 aliphatic heterocycles. The van der Waals surface area contributed by atoms with Crippen molar-refractivity contribution in [3.8, 4) is 17.2 Å². The van der Waals surface area contributed by atoms with E-state index in [9.17, 15) is 13.2 Å². The Morgan fingerprint density at radius 3 is 2.18 bits per heavy atom. The summed E-state index contributed by atoms with van der Waals surface area (Å²) in [5.74, 6) is 1.55. The number of ether oxygens (including phenoxy) is 3. The number of nitrogens with one attached hydrogen (secondary N) is 1. The molecule has 1 aliphatic rings. The van der Waals surface area contributed by atoms with E-state index in [1.54, 1.807) is 38.5 Å². The van der Waals surface area contributed by atoms with Gasteiger partial charge in [0.1, 0.15) is 5.75 Å². The van der Waals surface area contributed by atoms with E-state index in [-0.39, 0.29) is 22.8 Å². The normalized spacial score (nSPS) is 16.1. The second-order valence-corrected chi connectivity index (χ2v) is 9.88. The molecule has 1 atom stereocenters. The van der Waals surface area contributed by atoms with E-state index in [4.69, 9.17) is 14.2 Å². The van der Waals surface area contributed by atoms with Crippen LogP contribution in [0.3, 0.4) is 0 Å². The number of carbonyl (C=O) groups is 1. The summed E-state index contributed by atoms with van der Waals surface area (Å²) in [5, 5.41) is 3.12. The molecule has 1 heterocycles. The maximum atomic E-state index is 13.0. The predicted molar refractivity (Wildman–Crippen MR) is 125 cm³/mol. The van der Waals surface area contributed by atoms with Crippen LogP contribution in [-0.2, 0) is 14.8 Å². The van der Waals surface area contributed by atoms with Gasteiger partial charge in [-0.3, -0.25) is 4.79 Å². The molecule has 1 saturated heterocycles. The molecule has 0 saturated carbocycles. The highest BCUT2D eigenvalue weighted by Gasteiger charge is 2.32. The van der Waals surface area contributed by atoms with E-state index in [0.29, 0.717) is 49.6 Å². The summed E-state index contributed by atoms with van der Waals surface area (Å²) >= 11 is 0. The van der Waals surface area contributed by atoms with Crippen LogP contribution in [0, 0.1) is 5.92 Å². The smallest absolute Gasteiger partial charge is 0.243 e. The Balaban J connectivity index is 1.62. The first-order valence-corrected chi connectivity index (χ1v) is 12.4. The molecular weight excluding hydrogens is 444 g/mol. The average Bonchev–Trinajstić information content (AvgIpc) is 2.86. The summed E-state index contributed by atoms with van der Waals surface area (Å²) < 4.78 is 43.1. The molecule has 180 valence electrons. The van der Waals surface area contributed by atoms with E-state index < -0.39 is 10.0 Å². The first-order valence-electron chi connectivity index (χ1n) is 11.0. The topological polar surface area (TPSA) is 94.2 Å². The first-order chi connectivity index (χ1) is 15.8. The third kappa shape index (κ3) is 5.59. The molecule has 2 aromatic rings. The highest BCUT2D eigenvalue weighted by atomic mass is 32.2. The van der Waals surface area contributed by atoms with Gasteiger partial charge in [-0.05, 0) is 61.2 Å². The summed E-state index contributed by atoms with van der Waals surface area (Å²) in [5.41, 5.74) is 0.933. The van der Waals surface area contributed by atoms with E-state index in [2.05, 4.69) is 5.32 Å². The minimum absolute atomic E-state index is 0.0573. The van der Waals surface area contributed by atoms with Crippen molar-refractivity contribution in [2.45, 2.75) is 37.1 Å². The van der Waals surface area contributed by atoms with E-state index in [0.717, 1.165) is 5.56 Å². The van der Waals surface area contributed by atoms with Gasteiger partial charge >= 0.3 is 0 Å². The number of hydrogen-bond donors (Lipinski definition) is 1. The van der Waals surface area contributed by atoms with Crippen LogP contribution in [0.2, 0.25) is 0 Å². The molecule has 33 heavy (non-hydrogen) atoms. The van der Waals surface area contributed by atoms with Crippen LogP contribution >= 0.6 is 0 Å². The number of nitrogens with zero attached hydrogens (tertiary/aromatic N) is 1. The van der Waals surface area contributed by atoms with Crippen LogP contribution in [0.15, 0.2) is 47.4 Å². The van der Waals surface area contributed by atoms with Gasteiger partial charge in [0.15, 0.2) is 11.5 Å². The molecule has 0 unspecified atom stereocenters. The van der Waals surface area contributed by atoms with Crippen LogP contribution in [0.5, 0.6) is 17.2 Å². The summed E-state index contributed by atoms with van der Waals surface area (Å²) in [6, 6.07) is 11.8. The summed E-state index contributed by atoms with van der Waals surface area (Å²) in [4.78, 5) is 13.2. The summed E-state index contributed by atoms with van der Waals surface area (Å²) in [7, 11) is 1.09. The number of carbonyl (C=O) groups excluding carboxylic acids is 1. The number of rotatable bonds is 9. The molecule has 0 aliphatic carbocycles. The molecule has 2 aromatic carbocycles. The van der Waals surface area contributed by atoms with Crippen molar-refractivity contribution in [1.82, 2.24) is 9.62 Å². The highest BCUT2D eigenvalue weighted by Crippen LogP contribution is 2.31. The van der Waals surface area contributed by atoms with Crippen molar-refractivity contribution < 1.29 is 27.4 Å². The van der Waals surface area contributed by atoms with Gasteiger partial charge in [-0.25, -0.2) is 8.42 Å². The van der Waals surface area contributed by atoms with Crippen molar-refractivity contribution in [2.75, 3.05) is 34.4 Å². The number of benzene rings is 2. The molecule has 1 N–H and O–H groups in total. The average molecular weight is 477 g/mol. The van der Waals surface area contributed by atoms with Gasteiger partial charge in [-0.15, -0.1) is 0 Å². The van der Waals surface area contributed by atoms with Crippen molar-refractivity contribution in [3.63, 3.8) is 0 Å². The van der Waals surface area contributed by atoms with Gasteiger partial charge in [-0.2, -0.15) is 4.31 Å². The van der Waals surface area contributed by atoms with Crippen LogP contribution in [-0.4, -0.2) is 53.0 Å². The second kappa shape index (κ2) is 10.9. The number of methoxy groups -OCH3 is 3. The van der Waals surface area contributed by atoms with Crippen LogP contribution in [0.25, 0.3) is 0 Å². The van der Waals surface area contributed by atoms with E-state index in [1.165, 1.54) is 11.4 Å². The molecular formula is C24H32N2O6S. The lowest BCUT2D eigenvalue weighted by Crippen LogP contribution is -2.43. The van der Waals surface area contributed by atoms with Crippen LogP contribution in [0.4, 0.5) is 0 Å².